The van der Waals surface area contributed by atoms with Gasteiger partial charge in [-0.1, -0.05) is 6.07 Å². The molecule has 0 radical (unpaired) electrons. The molecule has 84 valence electrons. The maximum absolute atomic E-state index is 9.13. The second-order valence-corrected chi connectivity index (χ2v) is 5.75. The van der Waals surface area contributed by atoms with E-state index in [1.807, 2.05) is 18.2 Å². The SMILES string of the molecule is CC(C)(Nc1cccc(Br)c1C#N)C1CC1. The normalized spacial score (nSPS) is 15.6. The summed E-state index contributed by atoms with van der Waals surface area (Å²) in [6, 6.07) is 8.05. The van der Waals surface area contributed by atoms with Crippen molar-refractivity contribution in [2.45, 2.75) is 32.2 Å². The van der Waals surface area contributed by atoms with Crippen LogP contribution >= 0.6 is 15.9 Å². The summed E-state index contributed by atoms with van der Waals surface area (Å²) in [5.41, 5.74) is 1.69. The predicted octanol–water partition coefficient (Wildman–Crippen LogP) is 3.92. The van der Waals surface area contributed by atoms with E-state index in [4.69, 9.17) is 5.26 Å². The standard InChI is InChI=1S/C13H15BrN2/c1-13(2,9-6-7-9)16-12-5-3-4-11(14)10(12)8-15/h3-5,9,16H,6-7H2,1-2H3. The van der Waals surface area contributed by atoms with E-state index < -0.39 is 0 Å². The third-order valence-electron chi connectivity index (χ3n) is 3.18. The summed E-state index contributed by atoms with van der Waals surface area (Å²) < 4.78 is 0.853. The fourth-order valence-electron chi connectivity index (χ4n) is 2.00. The zero-order valence-electron chi connectivity index (χ0n) is 9.55. The summed E-state index contributed by atoms with van der Waals surface area (Å²) in [5, 5.41) is 12.6. The van der Waals surface area contributed by atoms with Gasteiger partial charge in [-0.15, -0.1) is 0 Å². The molecular weight excluding hydrogens is 264 g/mol. The Morgan fingerprint density at radius 3 is 2.69 bits per heavy atom. The van der Waals surface area contributed by atoms with Gasteiger partial charge in [0.25, 0.3) is 0 Å². The third-order valence-corrected chi connectivity index (χ3v) is 3.84. The molecule has 0 spiro atoms. The summed E-state index contributed by atoms with van der Waals surface area (Å²) >= 11 is 3.40. The number of hydrogen-bond acceptors (Lipinski definition) is 2. The number of nitriles is 1. The fourth-order valence-corrected chi connectivity index (χ4v) is 2.45. The first-order valence-corrected chi connectivity index (χ1v) is 6.30. The van der Waals surface area contributed by atoms with Crippen molar-refractivity contribution < 1.29 is 0 Å². The van der Waals surface area contributed by atoms with Crippen LogP contribution in [-0.2, 0) is 0 Å². The Morgan fingerprint density at radius 2 is 2.12 bits per heavy atom. The maximum atomic E-state index is 9.13. The summed E-state index contributed by atoms with van der Waals surface area (Å²) in [6.45, 7) is 4.40. The monoisotopic (exact) mass is 278 g/mol. The van der Waals surface area contributed by atoms with Crippen LogP contribution in [0.25, 0.3) is 0 Å². The first kappa shape index (κ1) is 11.5. The van der Waals surface area contributed by atoms with Gasteiger partial charge in [0, 0.05) is 10.0 Å². The van der Waals surface area contributed by atoms with Crippen LogP contribution in [0.4, 0.5) is 5.69 Å². The van der Waals surface area contributed by atoms with E-state index in [0.29, 0.717) is 5.56 Å². The number of nitrogens with one attached hydrogen (secondary N) is 1. The minimum absolute atomic E-state index is 0.0758. The van der Waals surface area contributed by atoms with Crippen molar-refractivity contribution in [3.05, 3.63) is 28.2 Å². The molecule has 1 aromatic carbocycles. The maximum Gasteiger partial charge on any atom is 0.103 e. The summed E-state index contributed by atoms with van der Waals surface area (Å²) in [5.74, 6) is 0.734. The first-order valence-electron chi connectivity index (χ1n) is 5.51. The molecule has 1 saturated carbocycles. The molecule has 1 aromatic rings. The van der Waals surface area contributed by atoms with Gasteiger partial charge in [-0.25, -0.2) is 0 Å². The molecule has 0 heterocycles. The average Bonchev–Trinajstić information content (AvgIpc) is 3.00. The summed E-state index contributed by atoms with van der Waals surface area (Å²) in [4.78, 5) is 0. The highest BCUT2D eigenvalue weighted by Crippen LogP contribution is 2.41. The second-order valence-electron chi connectivity index (χ2n) is 4.90. The van der Waals surface area contributed by atoms with Crippen LogP contribution in [0.1, 0.15) is 32.3 Å². The first-order chi connectivity index (χ1) is 7.54. The van der Waals surface area contributed by atoms with Gasteiger partial charge in [0.05, 0.1) is 11.3 Å². The number of halogens is 1. The molecule has 0 saturated heterocycles. The van der Waals surface area contributed by atoms with Crippen LogP contribution < -0.4 is 5.32 Å². The van der Waals surface area contributed by atoms with E-state index in [9.17, 15) is 0 Å². The summed E-state index contributed by atoms with van der Waals surface area (Å²) in [6.07, 6.45) is 2.58. The highest BCUT2D eigenvalue weighted by Gasteiger charge is 2.37. The number of anilines is 1. The van der Waals surface area contributed by atoms with Crippen LogP contribution in [0.2, 0.25) is 0 Å². The zero-order valence-corrected chi connectivity index (χ0v) is 11.1. The predicted molar refractivity (Wildman–Crippen MR) is 69.3 cm³/mol. The van der Waals surface area contributed by atoms with Gasteiger partial charge in [-0.3, -0.25) is 0 Å². The number of nitrogens with zero attached hydrogens (tertiary/aromatic N) is 1. The van der Waals surface area contributed by atoms with Crippen LogP contribution in [0, 0.1) is 17.2 Å². The molecule has 0 bridgehead atoms. The molecule has 1 aliphatic rings. The van der Waals surface area contributed by atoms with Crippen LogP contribution in [-0.4, -0.2) is 5.54 Å². The van der Waals surface area contributed by atoms with Crippen LogP contribution in [0.3, 0.4) is 0 Å². The Labute approximate surface area is 105 Å². The molecule has 16 heavy (non-hydrogen) atoms. The van der Waals surface area contributed by atoms with Crippen molar-refractivity contribution in [1.29, 1.82) is 5.26 Å². The van der Waals surface area contributed by atoms with Crippen molar-refractivity contribution in [1.82, 2.24) is 0 Å². The molecule has 0 unspecified atom stereocenters. The van der Waals surface area contributed by atoms with E-state index >= 15 is 0 Å². The lowest BCUT2D eigenvalue weighted by Crippen LogP contribution is -2.33. The van der Waals surface area contributed by atoms with E-state index in [0.717, 1.165) is 16.1 Å². The van der Waals surface area contributed by atoms with Gasteiger partial charge in [0.15, 0.2) is 0 Å². The van der Waals surface area contributed by atoms with Crippen LogP contribution in [0.5, 0.6) is 0 Å². The van der Waals surface area contributed by atoms with Gasteiger partial charge in [-0.2, -0.15) is 5.26 Å². The van der Waals surface area contributed by atoms with E-state index in [1.165, 1.54) is 12.8 Å². The molecule has 1 aliphatic carbocycles. The highest BCUT2D eigenvalue weighted by atomic mass is 79.9. The molecule has 0 atom stereocenters. The number of hydrogen-bond donors (Lipinski definition) is 1. The Morgan fingerprint density at radius 1 is 1.44 bits per heavy atom. The molecule has 0 aromatic heterocycles. The van der Waals surface area contributed by atoms with Crippen LogP contribution in [0.15, 0.2) is 22.7 Å². The molecule has 3 heteroatoms. The van der Waals surface area contributed by atoms with Crippen molar-refractivity contribution in [2.75, 3.05) is 5.32 Å². The topological polar surface area (TPSA) is 35.8 Å². The van der Waals surface area contributed by atoms with Gasteiger partial charge >= 0.3 is 0 Å². The lowest BCUT2D eigenvalue weighted by atomic mass is 9.97. The lowest BCUT2D eigenvalue weighted by Gasteiger charge is -2.28. The molecule has 1 fully saturated rings. The number of benzene rings is 1. The molecule has 2 rings (SSSR count). The molecule has 0 aliphatic heterocycles. The Hall–Kier alpha value is -1.01. The second kappa shape index (κ2) is 4.10. The van der Waals surface area contributed by atoms with Crippen molar-refractivity contribution in [3.8, 4) is 6.07 Å². The minimum atomic E-state index is 0.0758. The Bertz CT molecular complexity index is 442. The molecule has 2 nitrogen and oxygen atoms in total. The average molecular weight is 279 g/mol. The van der Waals surface area contributed by atoms with Crippen molar-refractivity contribution in [3.63, 3.8) is 0 Å². The molecule has 0 amide bonds. The molecule has 1 N–H and O–H groups in total. The van der Waals surface area contributed by atoms with Gasteiger partial charge in [0.2, 0.25) is 0 Å². The zero-order chi connectivity index (χ0) is 11.8. The summed E-state index contributed by atoms with van der Waals surface area (Å²) in [7, 11) is 0. The van der Waals surface area contributed by atoms with Gasteiger partial charge in [0.1, 0.15) is 6.07 Å². The van der Waals surface area contributed by atoms with E-state index in [1.54, 1.807) is 0 Å². The lowest BCUT2D eigenvalue weighted by molar-refractivity contribution is 0.494. The van der Waals surface area contributed by atoms with Gasteiger partial charge < -0.3 is 5.32 Å². The number of rotatable bonds is 3. The highest BCUT2D eigenvalue weighted by molar-refractivity contribution is 9.10. The fraction of sp³-hybridized carbons (Fsp3) is 0.462. The third kappa shape index (κ3) is 2.22. The van der Waals surface area contributed by atoms with E-state index in [-0.39, 0.29) is 5.54 Å². The molecular formula is C13H15BrN2. The van der Waals surface area contributed by atoms with Crippen molar-refractivity contribution >= 4 is 21.6 Å². The van der Waals surface area contributed by atoms with Crippen molar-refractivity contribution in [2.24, 2.45) is 5.92 Å². The Balaban J connectivity index is 2.28. The largest absolute Gasteiger partial charge is 0.379 e. The Kier molecular flexibility index (Phi) is 2.94. The quantitative estimate of drug-likeness (QED) is 0.910. The van der Waals surface area contributed by atoms with Gasteiger partial charge in [-0.05, 0) is 60.7 Å². The minimum Gasteiger partial charge on any atom is -0.379 e. The smallest absolute Gasteiger partial charge is 0.103 e. The van der Waals surface area contributed by atoms with E-state index in [2.05, 4.69) is 41.2 Å².